The van der Waals surface area contributed by atoms with Crippen molar-refractivity contribution >= 4 is 11.8 Å². The summed E-state index contributed by atoms with van der Waals surface area (Å²) >= 11 is 0. The van der Waals surface area contributed by atoms with Crippen LogP contribution in [0.5, 0.6) is 5.75 Å². The van der Waals surface area contributed by atoms with Crippen molar-refractivity contribution < 1.29 is 18.8 Å². The van der Waals surface area contributed by atoms with E-state index in [1.54, 1.807) is 49.3 Å². The molecule has 0 spiro atoms. The molecular weight excluding hydrogens is 348 g/mol. The second kappa shape index (κ2) is 8.68. The Balaban J connectivity index is 1.39. The van der Waals surface area contributed by atoms with Crippen LogP contribution in [0.1, 0.15) is 26.6 Å². The van der Waals surface area contributed by atoms with Crippen molar-refractivity contribution in [2.75, 3.05) is 46.4 Å². The highest BCUT2D eigenvalue weighted by molar-refractivity contribution is 5.94. The largest absolute Gasteiger partial charge is 0.497 e. The Labute approximate surface area is 158 Å². The highest BCUT2D eigenvalue weighted by atomic mass is 16.5. The van der Waals surface area contributed by atoms with Gasteiger partial charge in [-0.25, -0.2) is 0 Å². The minimum atomic E-state index is -0.104. The maximum atomic E-state index is 12.3. The maximum Gasteiger partial charge on any atom is 0.276 e. The zero-order valence-corrected chi connectivity index (χ0v) is 15.6. The molecule has 1 saturated heterocycles. The molecule has 0 bridgehead atoms. The van der Waals surface area contributed by atoms with Gasteiger partial charge in [0.05, 0.1) is 7.11 Å². The van der Waals surface area contributed by atoms with Crippen molar-refractivity contribution in [3.63, 3.8) is 0 Å². The fraction of sp³-hybridized carbons (Fsp3) is 0.421. The Morgan fingerprint density at radius 3 is 2.48 bits per heavy atom. The number of nitrogens with one attached hydrogen (secondary N) is 1. The second-order valence-corrected chi connectivity index (χ2v) is 6.44. The highest BCUT2D eigenvalue weighted by Gasteiger charge is 2.24. The van der Waals surface area contributed by atoms with Gasteiger partial charge in [-0.15, -0.1) is 0 Å². The van der Waals surface area contributed by atoms with E-state index in [2.05, 4.69) is 15.4 Å². The number of methoxy groups -OCH3 is 1. The molecule has 1 N–H and O–H groups in total. The fourth-order valence-corrected chi connectivity index (χ4v) is 2.98. The summed E-state index contributed by atoms with van der Waals surface area (Å²) in [5, 5.41) is 6.71. The molecule has 2 aromatic rings. The van der Waals surface area contributed by atoms with E-state index < -0.39 is 0 Å². The number of nitrogens with zero attached hydrogens (tertiary/aromatic N) is 3. The quantitative estimate of drug-likeness (QED) is 0.819. The number of piperazine rings is 1. The van der Waals surface area contributed by atoms with E-state index in [0.29, 0.717) is 36.7 Å². The number of aryl methyl sites for hydroxylation is 1. The fourth-order valence-electron chi connectivity index (χ4n) is 2.98. The lowest BCUT2D eigenvalue weighted by atomic mass is 10.2. The van der Waals surface area contributed by atoms with Gasteiger partial charge in [-0.3, -0.25) is 14.5 Å². The van der Waals surface area contributed by atoms with E-state index in [9.17, 15) is 9.59 Å². The van der Waals surface area contributed by atoms with Gasteiger partial charge in [-0.05, 0) is 31.2 Å². The van der Waals surface area contributed by atoms with Gasteiger partial charge in [0.15, 0.2) is 5.69 Å². The van der Waals surface area contributed by atoms with E-state index in [1.807, 2.05) is 0 Å². The van der Waals surface area contributed by atoms with Crippen LogP contribution in [0.15, 0.2) is 34.9 Å². The van der Waals surface area contributed by atoms with Gasteiger partial charge < -0.3 is 19.5 Å². The molecule has 3 rings (SSSR count). The third-order valence-electron chi connectivity index (χ3n) is 4.57. The van der Waals surface area contributed by atoms with E-state index in [0.717, 1.165) is 25.4 Å². The molecule has 27 heavy (non-hydrogen) atoms. The number of hydrogen-bond donors (Lipinski definition) is 1. The van der Waals surface area contributed by atoms with Crippen LogP contribution in [0, 0.1) is 6.92 Å². The molecular formula is C19H24N4O4. The zero-order valence-electron chi connectivity index (χ0n) is 15.6. The SMILES string of the molecule is COc1ccc(C(=O)NCCN2CCN(C(=O)c3cc(C)on3)CC2)cc1. The number of rotatable bonds is 6. The predicted octanol–water partition coefficient (Wildman–Crippen LogP) is 1.18. The topological polar surface area (TPSA) is 87.9 Å². The van der Waals surface area contributed by atoms with Crippen LogP contribution in [0.25, 0.3) is 0 Å². The first-order chi connectivity index (χ1) is 13.1. The van der Waals surface area contributed by atoms with E-state index >= 15 is 0 Å². The highest BCUT2D eigenvalue weighted by Crippen LogP contribution is 2.11. The Kier molecular flexibility index (Phi) is 6.08. The predicted molar refractivity (Wildman–Crippen MR) is 98.9 cm³/mol. The van der Waals surface area contributed by atoms with E-state index in [4.69, 9.17) is 9.26 Å². The van der Waals surface area contributed by atoms with Crippen molar-refractivity contribution in [2.24, 2.45) is 0 Å². The molecule has 0 aliphatic carbocycles. The van der Waals surface area contributed by atoms with Crippen LogP contribution < -0.4 is 10.1 Å². The lowest BCUT2D eigenvalue weighted by Crippen LogP contribution is -2.50. The Morgan fingerprint density at radius 1 is 1.19 bits per heavy atom. The van der Waals surface area contributed by atoms with Crippen molar-refractivity contribution in [3.05, 3.63) is 47.3 Å². The van der Waals surface area contributed by atoms with E-state index in [1.165, 1.54) is 0 Å². The van der Waals surface area contributed by atoms with Gasteiger partial charge >= 0.3 is 0 Å². The molecule has 2 amide bonds. The maximum absolute atomic E-state index is 12.3. The van der Waals surface area contributed by atoms with Crippen LogP contribution in [0.3, 0.4) is 0 Å². The van der Waals surface area contributed by atoms with Crippen molar-refractivity contribution in [1.82, 2.24) is 20.3 Å². The first-order valence-corrected chi connectivity index (χ1v) is 8.94. The minimum Gasteiger partial charge on any atom is -0.497 e. The molecule has 0 atom stereocenters. The standard InChI is InChI=1S/C19H24N4O4/c1-14-13-17(21-27-14)19(25)23-11-9-22(10-12-23)8-7-20-18(24)15-3-5-16(26-2)6-4-15/h3-6,13H,7-12H2,1-2H3,(H,20,24). The van der Waals surface area contributed by atoms with Crippen molar-refractivity contribution in [1.29, 1.82) is 0 Å². The smallest absolute Gasteiger partial charge is 0.276 e. The van der Waals surface area contributed by atoms with Crippen LogP contribution >= 0.6 is 0 Å². The summed E-state index contributed by atoms with van der Waals surface area (Å²) in [6, 6.07) is 8.67. The second-order valence-electron chi connectivity index (χ2n) is 6.44. The van der Waals surface area contributed by atoms with Crippen LogP contribution in [-0.2, 0) is 0 Å². The Bertz CT molecular complexity index is 779. The molecule has 8 nitrogen and oxygen atoms in total. The van der Waals surface area contributed by atoms with Crippen LogP contribution in [0.4, 0.5) is 0 Å². The van der Waals surface area contributed by atoms with Gasteiger partial charge in [0, 0.05) is 50.9 Å². The van der Waals surface area contributed by atoms with Crippen LogP contribution in [0.2, 0.25) is 0 Å². The van der Waals surface area contributed by atoms with Gasteiger partial charge in [0.2, 0.25) is 0 Å². The average molecular weight is 372 g/mol. The molecule has 2 heterocycles. The number of carbonyl (C=O) groups excluding carboxylic acids is 2. The number of hydrogen-bond acceptors (Lipinski definition) is 6. The molecule has 0 unspecified atom stereocenters. The number of aromatic nitrogens is 1. The van der Waals surface area contributed by atoms with E-state index in [-0.39, 0.29) is 11.8 Å². The molecule has 8 heteroatoms. The summed E-state index contributed by atoms with van der Waals surface area (Å²) in [5.74, 6) is 1.15. The van der Waals surface area contributed by atoms with Crippen LogP contribution in [-0.4, -0.2) is 73.1 Å². The normalized spacial score (nSPS) is 14.8. The lowest BCUT2D eigenvalue weighted by molar-refractivity contribution is 0.0628. The minimum absolute atomic E-state index is 0.0979. The molecule has 1 aliphatic heterocycles. The summed E-state index contributed by atoms with van der Waals surface area (Å²) in [7, 11) is 1.59. The number of ether oxygens (including phenoxy) is 1. The van der Waals surface area contributed by atoms with Gasteiger partial charge in [-0.2, -0.15) is 0 Å². The first-order valence-electron chi connectivity index (χ1n) is 8.94. The third kappa shape index (κ3) is 4.85. The number of amides is 2. The van der Waals surface area contributed by atoms with Gasteiger partial charge in [-0.1, -0.05) is 5.16 Å². The van der Waals surface area contributed by atoms with Crippen molar-refractivity contribution in [2.45, 2.75) is 6.92 Å². The Morgan fingerprint density at radius 2 is 1.89 bits per heavy atom. The monoisotopic (exact) mass is 372 g/mol. The summed E-state index contributed by atoms with van der Waals surface area (Å²) in [6.07, 6.45) is 0. The molecule has 0 radical (unpaired) electrons. The van der Waals surface area contributed by atoms with Crippen molar-refractivity contribution in [3.8, 4) is 5.75 Å². The summed E-state index contributed by atoms with van der Waals surface area (Å²) < 4.78 is 10.1. The molecule has 144 valence electrons. The molecule has 1 aromatic carbocycles. The van der Waals surface area contributed by atoms with Gasteiger partial charge in [0.25, 0.3) is 11.8 Å². The average Bonchev–Trinajstić information content (AvgIpc) is 3.14. The molecule has 1 aliphatic rings. The summed E-state index contributed by atoms with van der Waals surface area (Å²) in [5.41, 5.74) is 0.960. The molecule has 1 aromatic heterocycles. The molecule has 1 fully saturated rings. The Hall–Kier alpha value is -2.87. The molecule has 0 saturated carbocycles. The lowest BCUT2D eigenvalue weighted by Gasteiger charge is -2.34. The number of benzene rings is 1. The number of carbonyl (C=O) groups is 2. The zero-order chi connectivity index (χ0) is 19.2. The first kappa shape index (κ1) is 18.9. The third-order valence-corrected chi connectivity index (χ3v) is 4.57. The van der Waals surface area contributed by atoms with Gasteiger partial charge in [0.1, 0.15) is 11.5 Å². The summed E-state index contributed by atoms with van der Waals surface area (Å²) in [6.45, 7) is 5.87. The summed E-state index contributed by atoms with van der Waals surface area (Å²) in [4.78, 5) is 28.5.